The molecule has 0 aliphatic carbocycles. The van der Waals surface area contributed by atoms with Gasteiger partial charge in [-0.2, -0.15) is 0 Å². The van der Waals surface area contributed by atoms with Crippen molar-refractivity contribution in [2.45, 2.75) is 46.5 Å². The molecule has 1 unspecified atom stereocenters. The van der Waals surface area contributed by atoms with Gasteiger partial charge in [-0.3, -0.25) is 0 Å². The van der Waals surface area contributed by atoms with Crippen molar-refractivity contribution >= 4 is 17.6 Å². The molecule has 0 saturated carbocycles. The van der Waals surface area contributed by atoms with Gasteiger partial charge in [-0.1, -0.05) is 45.7 Å². The van der Waals surface area contributed by atoms with E-state index < -0.39 is 5.97 Å². The number of carbonyl (C=O) groups is 1. The van der Waals surface area contributed by atoms with E-state index in [9.17, 15) is 4.79 Å². The number of esters is 1. The van der Waals surface area contributed by atoms with Crippen molar-refractivity contribution in [3.8, 4) is 0 Å². The van der Waals surface area contributed by atoms with Gasteiger partial charge < -0.3 is 4.74 Å². The number of nitrogens with zero attached hydrogens (tertiary/aromatic N) is 2. The summed E-state index contributed by atoms with van der Waals surface area (Å²) in [7, 11) is 0. The molecule has 0 N–H and O–H groups in total. The van der Waals surface area contributed by atoms with Gasteiger partial charge in [-0.25, -0.2) is 14.8 Å². The van der Waals surface area contributed by atoms with Crippen molar-refractivity contribution in [1.82, 2.24) is 9.97 Å². The van der Waals surface area contributed by atoms with Crippen molar-refractivity contribution in [2.75, 3.05) is 6.61 Å². The van der Waals surface area contributed by atoms with Crippen LogP contribution < -0.4 is 0 Å². The first-order valence-electron chi connectivity index (χ1n) is 6.65. The molecule has 0 aliphatic rings. The number of hydrogen-bond donors (Lipinski definition) is 0. The van der Waals surface area contributed by atoms with Crippen LogP contribution in [0.3, 0.4) is 0 Å². The summed E-state index contributed by atoms with van der Waals surface area (Å²) >= 11 is 5.95. The third-order valence-electron chi connectivity index (χ3n) is 2.75. The second-order valence-corrected chi connectivity index (χ2v) is 5.48. The number of aromatic nitrogens is 2. The fraction of sp³-hybridized carbons (Fsp3) is 0.643. The van der Waals surface area contributed by atoms with Gasteiger partial charge in [0.1, 0.15) is 5.82 Å². The molecule has 19 heavy (non-hydrogen) atoms. The van der Waals surface area contributed by atoms with Gasteiger partial charge in [0.15, 0.2) is 5.69 Å². The molecule has 0 radical (unpaired) electrons. The smallest absolute Gasteiger partial charge is 0.358 e. The summed E-state index contributed by atoms with van der Waals surface area (Å²) in [5.74, 6) is 0.608. The molecule has 1 rings (SSSR count). The average molecular weight is 285 g/mol. The van der Waals surface area contributed by atoms with E-state index in [1.165, 1.54) is 6.20 Å². The summed E-state index contributed by atoms with van der Waals surface area (Å²) in [6.07, 6.45) is 3.56. The standard InChI is InChI=1S/C14H21ClN2O2/c1-5-6-10(4)8-19-14(18)12-11(15)7-16-13(17-12)9(2)3/h7,9-10H,5-6,8H2,1-4H3. The molecule has 0 aromatic carbocycles. The Morgan fingerprint density at radius 3 is 2.68 bits per heavy atom. The van der Waals surface area contributed by atoms with Crippen LogP contribution in [0.25, 0.3) is 0 Å². The Labute approximate surface area is 119 Å². The Balaban J connectivity index is 2.73. The minimum Gasteiger partial charge on any atom is -0.461 e. The zero-order valence-electron chi connectivity index (χ0n) is 11.9. The monoisotopic (exact) mass is 284 g/mol. The van der Waals surface area contributed by atoms with Gasteiger partial charge >= 0.3 is 5.97 Å². The molecule has 1 atom stereocenters. The maximum absolute atomic E-state index is 12.0. The molecule has 0 aliphatic heterocycles. The van der Waals surface area contributed by atoms with Crippen LogP contribution in [0.15, 0.2) is 6.20 Å². The largest absolute Gasteiger partial charge is 0.461 e. The number of halogens is 1. The fourth-order valence-electron chi connectivity index (χ4n) is 1.66. The molecule has 0 bridgehead atoms. The molecule has 1 heterocycles. The van der Waals surface area contributed by atoms with E-state index in [1.54, 1.807) is 0 Å². The zero-order valence-corrected chi connectivity index (χ0v) is 12.7. The van der Waals surface area contributed by atoms with E-state index in [-0.39, 0.29) is 16.6 Å². The predicted octanol–water partition coefficient (Wildman–Crippen LogP) is 3.85. The van der Waals surface area contributed by atoms with Crippen molar-refractivity contribution in [3.63, 3.8) is 0 Å². The van der Waals surface area contributed by atoms with Crippen LogP contribution in [0.5, 0.6) is 0 Å². The van der Waals surface area contributed by atoms with Crippen LogP contribution in [0.1, 0.15) is 62.8 Å². The molecular formula is C14H21ClN2O2. The van der Waals surface area contributed by atoms with Crippen LogP contribution in [0.4, 0.5) is 0 Å². The van der Waals surface area contributed by atoms with Gasteiger partial charge in [0.25, 0.3) is 0 Å². The van der Waals surface area contributed by atoms with Crippen LogP contribution >= 0.6 is 11.6 Å². The first-order valence-corrected chi connectivity index (χ1v) is 7.03. The van der Waals surface area contributed by atoms with Crippen molar-refractivity contribution in [2.24, 2.45) is 5.92 Å². The summed E-state index contributed by atoms with van der Waals surface area (Å²) in [5.41, 5.74) is 0.157. The van der Waals surface area contributed by atoms with Gasteiger partial charge in [-0.05, 0) is 12.3 Å². The number of ether oxygens (including phenoxy) is 1. The summed E-state index contributed by atoms with van der Waals surface area (Å²) in [5, 5.41) is 0.234. The van der Waals surface area contributed by atoms with E-state index in [0.717, 1.165) is 12.8 Å². The highest BCUT2D eigenvalue weighted by Gasteiger charge is 2.17. The normalized spacial score (nSPS) is 12.5. The summed E-state index contributed by atoms with van der Waals surface area (Å²) in [4.78, 5) is 20.2. The minimum absolute atomic E-state index is 0.142. The Kier molecular flexibility index (Phi) is 6.22. The molecule has 0 fully saturated rings. The van der Waals surface area contributed by atoms with Gasteiger partial charge in [0, 0.05) is 5.92 Å². The molecule has 1 aromatic rings. The summed E-state index contributed by atoms with van der Waals surface area (Å²) < 4.78 is 5.24. The molecule has 1 aromatic heterocycles. The lowest BCUT2D eigenvalue weighted by Gasteiger charge is -2.12. The Morgan fingerprint density at radius 2 is 2.11 bits per heavy atom. The molecule has 106 valence electrons. The van der Waals surface area contributed by atoms with Crippen LogP contribution in [-0.2, 0) is 4.74 Å². The molecule has 5 heteroatoms. The fourth-order valence-corrected chi connectivity index (χ4v) is 1.83. The number of carbonyl (C=O) groups excluding carboxylic acids is 1. The lowest BCUT2D eigenvalue weighted by atomic mass is 10.1. The van der Waals surface area contributed by atoms with Crippen LogP contribution in [-0.4, -0.2) is 22.5 Å². The summed E-state index contributed by atoms with van der Waals surface area (Å²) in [6, 6.07) is 0. The second kappa shape index (κ2) is 7.43. The number of hydrogen-bond acceptors (Lipinski definition) is 4. The topological polar surface area (TPSA) is 52.1 Å². The highest BCUT2D eigenvalue weighted by atomic mass is 35.5. The first kappa shape index (κ1) is 15.9. The van der Waals surface area contributed by atoms with E-state index in [2.05, 4.69) is 23.8 Å². The van der Waals surface area contributed by atoms with Crippen molar-refractivity contribution in [1.29, 1.82) is 0 Å². The Hall–Kier alpha value is -1.16. The first-order chi connectivity index (χ1) is 8.95. The Bertz CT molecular complexity index is 435. The average Bonchev–Trinajstić information content (AvgIpc) is 2.36. The maximum atomic E-state index is 12.0. The second-order valence-electron chi connectivity index (χ2n) is 5.07. The quantitative estimate of drug-likeness (QED) is 0.745. The van der Waals surface area contributed by atoms with Gasteiger partial charge in [0.2, 0.25) is 0 Å². The third-order valence-corrected chi connectivity index (χ3v) is 3.03. The van der Waals surface area contributed by atoms with E-state index >= 15 is 0 Å². The van der Waals surface area contributed by atoms with Crippen LogP contribution in [0, 0.1) is 5.92 Å². The Morgan fingerprint density at radius 1 is 1.42 bits per heavy atom. The minimum atomic E-state index is -0.475. The van der Waals surface area contributed by atoms with E-state index in [0.29, 0.717) is 18.3 Å². The van der Waals surface area contributed by atoms with E-state index in [4.69, 9.17) is 16.3 Å². The lowest BCUT2D eigenvalue weighted by Crippen LogP contribution is -2.15. The molecule has 0 spiro atoms. The summed E-state index contributed by atoms with van der Waals surface area (Å²) in [6.45, 7) is 8.47. The maximum Gasteiger partial charge on any atom is 0.358 e. The number of rotatable bonds is 6. The molecular weight excluding hydrogens is 264 g/mol. The predicted molar refractivity (Wildman–Crippen MR) is 75.5 cm³/mol. The SMILES string of the molecule is CCCC(C)COC(=O)c1nc(C(C)C)ncc1Cl. The molecule has 0 amide bonds. The molecule has 4 nitrogen and oxygen atoms in total. The highest BCUT2D eigenvalue weighted by Crippen LogP contribution is 2.17. The third kappa shape index (κ3) is 4.78. The van der Waals surface area contributed by atoms with Crippen LogP contribution in [0.2, 0.25) is 5.02 Å². The van der Waals surface area contributed by atoms with E-state index in [1.807, 2.05) is 13.8 Å². The lowest BCUT2D eigenvalue weighted by molar-refractivity contribution is 0.0436. The van der Waals surface area contributed by atoms with Crippen molar-refractivity contribution < 1.29 is 9.53 Å². The molecule has 0 saturated heterocycles. The highest BCUT2D eigenvalue weighted by molar-refractivity contribution is 6.33. The zero-order chi connectivity index (χ0) is 14.4. The van der Waals surface area contributed by atoms with Crippen molar-refractivity contribution in [3.05, 3.63) is 22.7 Å². The van der Waals surface area contributed by atoms with Gasteiger partial charge in [0.05, 0.1) is 17.8 Å². The van der Waals surface area contributed by atoms with Gasteiger partial charge in [-0.15, -0.1) is 0 Å².